The minimum absolute atomic E-state index is 0.141. The fourth-order valence-electron chi connectivity index (χ4n) is 1.94. The molecule has 0 amide bonds. The highest BCUT2D eigenvalue weighted by Crippen LogP contribution is 2.29. The minimum atomic E-state index is -0.616. The Morgan fingerprint density at radius 2 is 1.90 bits per heavy atom. The van der Waals surface area contributed by atoms with Gasteiger partial charge in [-0.05, 0) is 11.6 Å². The van der Waals surface area contributed by atoms with Crippen molar-refractivity contribution in [1.82, 2.24) is 0 Å². The fraction of sp³-hybridized carbons (Fsp3) is 0.133. The van der Waals surface area contributed by atoms with Crippen LogP contribution in [-0.4, -0.2) is 18.0 Å². The summed E-state index contributed by atoms with van der Waals surface area (Å²) in [4.78, 5) is 22.3. The monoisotopic (exact) mass is 286 g/mol. The zero-order chi connectivity index (χ0) is 15.2. The summed E-state index contributed by atoms with van der Waals surface area (Å²) >= 11 is 0. The van der Waals surface area contributed by atoms with Crippen molar-refractivity contribution in [1.29, 1.82) is 0 Å². The van der Waals surface area contributed by atoms with E-state index in [9.17, 15) is 14.9 Å². The van der Waals surface area contributed by atoms with E-state index in [2.05, 4.69) is 10.1 Å². The molecule has 0 saturated carbocycles. The van der Waals surface area contributed by atoms with Crippen molar-refractivity contribution in [3.05, 3.63) is 69.8 Å². The average molecular weight is 286 g/mol. The quantitative estimate of drug-likeness (QED) is 0.519. The van der Waals surface area contributed by atoms with Crippen LogP contribution in [0.25, 0.3) is 0 Å². The van der Waals surface area contributed by atoms with Gasteiger partial charge in [-0.15, -0.1) is 0 Å². The number of anilines is 1. The van der Waals surface area contributed by atoms with E-state index in [1.54, 1.807) is 0 Å². The van der Waals surface area contributed by atoms with Gasteiger partial charge in [0.25, 0.3) is 5.69 Å². The number of nitro benzene ring substituents is 1. The highest BCUT2D eigenvalue weighted by atomic mass is 16.6. The maximum absolute atomic E-state index is 11.7. The van der Waals surface area contributed by atoms with Crippen LogP contribution in [0.15, 0.2) is 48.5 Å². The van der Waals surface area contributed by atoms with Crippen LogP contribution in [0.5, 0.6) is 0 Å². The Bertz CT molecular complexity index is 656. The Labute approximate surface area is 121 Å². The van der Waals surface area contributed by atoms with Crippen LogP contribution in [0.2, 0.25) is 0 Å². The molecule has 0 aromatic heterocycles. The molecule has 2 rings (SSSR count). The van der Waals surface area contributed by atoms with E-state index in [-0.39, 0.29) is 16.9 Å². The summed E-state index contributed by atoms with van der Waals surface area (Å²) in [7, 11) is 1.24. The van der Waals surface area contributed by atoms with E-state index < -0.39 is 10.9 Å². The molecular formula is C15H14N2O4. The fourth-order valence-corrected chi connectivity index (χ4v) is 1.94. The summed E-state index contributed by atoms with van der Waals surface area (Å²) in [6.07, 6.45) is 0. The topological polar surface area (TPSA) is 81.5 Å². The van der Waals surface area contributed by atoms with Crippen molar-refractivity contribution in [3.63, 3.8) is 0 Å². The van der Waals surface area contributed by atoms with Gasteiger partial charge in [0, 0.05) is 12.6 Å². The molecule has 0 atom stereocenters. The smallest absolute Gasteiger partial charge is 0.340 e. The van der Waals surface area contributed by atoms with Gasteiger partial charge < -0.3 is 10.1 Å². The summed E-state index contributed by atoms with van der Waals surface area (Å²) in [5, 5.41) is 14.1. The van der Waals surface area contributed by atoms with E-state index >= 15 is 0 Å². The highest BCUT2D eigenvalue weighted by Gasteiger charge is 2.21. The molecule has 6 heteroatoms. The predicted octanol–water partition coefficient (Wildman–Crippen LogP) is 2.99. The number of rotatable bonds is 5. The number of benzene rings is 2. The zero-order valence-corrected chi connectivity index (χ0v) is 11.4. The van der Waals surface area contributed by atoms with Crippen molar-refractivity contribution in [2.24, 2.45) is 0 Å². The van der Waals surface area contributed by atoms with Crippen molar-refractivity contribution in [2.75, 3.05) is 12.4 Å². The van der Waals surface area contributed by atoms with Crippen molar-refractivity contribution in [2.45, 2.75) is 6.54 Å². The van der Waals surface area contributed by atoms with Gasteiger partial charge in [-0.1, -0.05) is 36.4 Å². The number of hydrogen-bond donors (Lipinski definition) is 1. The van der Waals surface area contributed by atoms with E-state index in [1.807, 2.05) is 30.3 Å². The van der Waals surface area contributed by atoms with Crippen LogP contribution in [0.1, 0.15) is 15.9 Å². The number of para-hydroxylation sites is 1. The second-order valence-corrected chi connectivity index (χ2v) is 4.29. The number of methoxy groups -OCH3 is 1. The molecule has 0 spiro atoms. The lowest BCUT2D eigenvalue weighted by Crippen LogP contribution is -2.10. The molecule has 0 aliphatic rings. The van der Waals surface area contributed by atoms with Crippen molar-refractivity contribution < 1.29 is 14.5 Å². The molecule has 1 N–H and O–H groups in total. The van der Waals surface area contributed by atoms with Gasteiger partial charge in [-0.25, -0.2) is 4.79 Å². The molecule has 0 aliphatic carbocycles. The number of nitrogens with zero attached hydrogens (tertiary/aromatic N) is 1. The lowest BCUT2D eigenvalue weighted by atomic mass is 10.1. The molecule has 0 bridgehead atoms. The maximum atomic E-state index is 11.7. The molecule has 2 aromatic carbocycles. The number of hydrogen-bond acceptors (Lipinski definition) is 5. The first-order valence-corrected chi connectivity index (χ1v) is 6.27. The first kappa shape index (κ1) is 14.5. The predicted molar refractivity (Wildman–Crippen MR) is 78.2 cm³/mol. The van der Waals surface area contributed by atoms with Gasteiger partial charge in [0.15, 0.2) is 0 Å². The maximum Gasteiger partial charge on any atom is 0.340 e. The number of esters is 1. The molecule has 0 heterocycles. The first-order valence-electron chi connectivity index (χ1n) is 6.27. The van der Waals surface area contributed by atoms with E-state index in [0.29, 0.717) is 6.54 Å². The van der Waals surface area contributed by atoms with E-state index in [0.717, 1.165) is 5.56 Å². The standard InChI is InChI=1S/C15H14N2O4/c1-21-15(18)12-8-5-9-13(17(19)20)14(12)16-10-11-6-3-2-4-7-11/h2-9,16H,10H2,1H3. The summed E-state index contributed by atoms with van der Waals surface area (Å²) in [6, 6.07) is 13.7. The molecular weight excluding hydrogens is 272 g/mol. The molecule has 6 nitrogen and oxygen atoms in total. The normalized spacial score (nSPS) is 9.95. The second-order valence-electron chi connectivity index (χ2n) is 4.29. The molecule has 0 aliphatic heterocycles. The van der Waals surface area contributed by atoms with Gasteiger partial charge in [0.2, 0.25) is 0 Å². The first-order chi connectivity index (χ1) is 10.1. The summed E-state index contributed by atoms with van der Waals surface area (Å²) in [6.45, 7) is 0.371. The third kappa shape index (κ3) is 3.36. The molecule has 108 valence electrons. The van der Waals surface area contributed by atoms with E-state index in [4.69, 9.17) is 0 Å². The number of ether oxygens (including phenoxy) is 1. The minimum Gasteiger partial charge on any atom is -0.465 e. The molecule has 0 saturated heterocycles. The van der Waals surface area contributed by atoms with Gasteiger partial charge in [0.05, 0.1) is 17.6 Å². The van der Waals surface area contributed by atoms with Gasteiger partial charge in [-0.2, -0.15) is 0 Å². The zero-order valence-electron chi connectivity index (χ0n) is 11.4. The number of carbonyl (C=O) groups is 1. The van der Waals surface area contributed by atoms with Gasteiger partial charge in [-0.3, -0.25) is 10.1 Å². The Hall–Kier alpha value is -2.89. The van der Waals surface area contributed by atoms with Crippen LogP contribution in [-0.2, 0) is 11.3 Å². The third-order valence-corrected chi connectivity index (χ3v) is 2.96. The second kappa shape index (κ2) is 6.51. The highest BCUT2D eigenvalue weighted by molar-refractivity contribution is 5.98. The molecule has 21 heavy (non-hydrogen) atoms. The lowest BCUT2D eigenvalue weighted by Gasteiger charge is -2.11. The molecule has 0 radical (unpaired) electrons. The van der Waals surface area contributed by atoms with E-state index in [1.165, 1.54) is 25.3 Å². The Morgan fingerprint density at radius 1 is 1.19 bits per heavy atom. The summed E-state index contributed by atoms with van der Waals surface area (Å²) < 4.78 is 4.66. The third-order valence-electron chi connectivity index (χ3n) is 2.96. The van der Waals surface area contributed by atoms with Gasteiger partial charge in [0.1, 0.15) is 5.69 Å². The molecule has 0 unspecified atom stereocenters. The van der Waals surface area contributed by atoms with Crippen LogP contribution in [0.3, 0.4) is 0 Å². The summed E-state index contributed by atoms with van der Waals surface area (Å²) in [5.74, 6) is -0.616. The Morgan fingerprint density at radius 3 is 2.52 bits per heavy atom. The van der Waals surface area contributed by atoms with Crippen LogP contribution < -0.4 is 5.32 Å². The molecule has 0 fully saturated rings. The van der Waals surface area contributed by atoms with Gasteiger partial charge >= 0.3 is 5.97 Å². The van der Waals surface area contributed by atoms with Crippen molar-refractivity contribution >= 4 is 17.3 Å². The summed E-state index contributed by atoms with van der Waals surface area (Å²) in [5.41, 5.74) is 1.10. The number of nitrogens with one attached hydrogen (secondary N) is 1. The molecule has 2 aromatic rings. The van der Waals surface area contributed by atoms with Crippen LogP contribution in [0, 0.1) is 10.1 Å². The number of nitro groups is 1. The van der Waals surface area contributed by atoms with Crippen LogP contribution in [0.4, 0.5) is 11.4 Å². The number of carbonyl (C=O) groups excluding carboxylic acids is 1. The van der Waals surface area contributed by atoms with Crippen LogP contribution >= 0.6 is 0 Å². The lowest BCUT2D eigenvalue weighted by molar-refractivity contribution is -0.384. The van der Waals surface area contributed by atoms with Crippen molar-refractivity contribution in [3.8, 4) is 0 Å². The SMILES string of the molecule is COC(=O)c1cccc([N+](=O)[O-])c1NCc1ccccc1. The largest absolute Gasteiger partial charge is 0.465 e. The Balaban J connectivity index is 2.35. The Kier molecular flexibility index (Phi) is 4.50. The average Bonchev–Trinajstić information content (AvgIpc) is 2.52.